The van der Waals surface area contributed by atoms with Crippen molar-refractivity contribution in [3.05, 3.63) is 54.1 Å². The van der Waals surface area contributed by atoms with Gasteiger partial charge in [-0.2, -0.15) is 0 Å². The Labute approximate surface area is 123 Å². The third-order valence-corrected chi connectivity index (χ3v) is 2.78. The minimum atomic E-state index is -0.156. The second-order valence-corrected chi connectivity index (χ2v) is 4.56. The number of aromatic hydroxyl groups is 1. The van der Waals surface area contributed by atoms with Crippen LogP contribution in [0.3, 0.4) is 0 Å². The lowest BCUT2D eigenvalue weighted by atomic mass is 10.1. The van der Waals surface area contributed by atoms with Gasteiger partial charge in [0.2, 0.25) is 5.91 Å². The smallest absolute Gasteiger partial charge is 0.228 e. The van der Waals surface area contributed by atoms with Crippen LogP contribution in [-0.2, 0) is 11.2 Å². The van der Waals surface area contributed by atoms with Crippen LogP contribution in [0, 0.1) is 0 Å². The SMILES string of the molecule is NCCOc1cccc(NC(=O)Cc2cccc(O)c2)c1. The summed E-state index contributed by atoms with van der Waals surface area (Å²) >= 11 is 0. The van der Waals surface area contributed by atoms with Crippen LogP contribution in [-0.4, -0.2) is 24.2 Å². The number of carbonyl (C=O) groups excluding carboxylic acids is 1. The summed E-state index contributed by atoms with van der Waals surface area (Å²) in [6, 6.07) is 13.8. The summed E-state index contributed by atoms with van der Waals surface area (Å²) < 4.78 is 5.40. The van der Waals surface area contributed by atoms with Crippen molar-refractivity contribution in [2.45, 2.75) is 6.42 Å². The number of phenolic OH excluding ortho intramolecular Hbond substituents is 1. The minimum absolute atomic E-state index is 0.150. The van der Waals surface area contributed by atoms with Crippen LogP contribution in [0.2, 0.25) is 0 Å². The van der Waals surface area contributed by atoms with Gasteiger partial charge in [0.05, 0.1) is 6.42 Å². The number of hydrogen-bond acceptors (Lipinski definition) is 4. The van der Waals surface area contributed by atoms with E-state index in [4.69, 9.17) is 10.5 Å². The number of benzene rings is 2. The number of nitrogens with two attached hydrogens (primary N) is 1. The minimum Gasteiger partial charge on any atom is -0.508 e. The van der Waals surface area contributed by atoms with E-state index in [0.717, 1.165) is 5.56 Å². The van der Waals surface area contributed by atoms with Gasteiger partial charge >= 0.3 is 0 Å². The van der Waals surface area contributed by atoms with Crippen molar-refractivity contribution in [1.82, 2.24) is 0 Å². The molecule has 110 valence electrons. The van der Waals surface area contributed by atoms with Gasteiger partial charge in [0.1, 0.15) is 18.1 Å². The van der Waals surface area contributed by atoms with E-state index in [2.05, 4.69) is 5.32 Å². The van der Waals surface area contributed by atoms with Crippen molar-refractivity contribution in [3.63, 3.8) is 0 Å². The van der Waals surface area contributed by atoms with Crippen molar-refractivity contribution >= 4 is 11.6 Å². The molecular weight excluding hydrogens is 268 g/mol. The number of hydrogen-bond donors (Lipinski definition) is 3. The van der Waals surface area contributed by atoms with Crippen molar-refractivity contribution in [2.24, 2.45) is 5.73 Å². The Morgan fingerprint density at radius 2 is 2.00 bits per heavy atom. The van der Waals surface area contributed by atoms with Crippen LogP contribution in [0.4, 0.5) is 5.69 Å². The van der Waals surface area contributed by atoms with E-state index in [-0.39, 0.29) is 18.1 Å². The Morgan fingerprint density at radius 1 is 1.19 bits per heavy atom. The molecule has 0 spiro atoms. The van der Waals surface area contributed by atoms with Crippen LogP contribution < -0.4 is 15.8 Å². The fourth-order valence-corrected chi connectivity index (χ4v) is 1.90. The molecule has 0 saturated carbocycles. The Balaban J connectivity index is 1.96. The predicted octanol–water partition coefficient (Wildman–Crippen LogP) is 1.91. The van der Waals surface area contributed by atoms with Gasteiger partial charge in [-0.05, 0) is 29.8 Å². The number of carbonyl (C=O) groups is 1. The summed E-state index contributed by atoms with van der Waals surface area (Å²) in [5.41, 5.74) is 6.79. The van der Waals surface area contributed by atoms with Gasteiger partial charge in [0.25, 0.3) is 0 Å². The molecule has 5 nitrogen and oxygen atoms in total. The highest BCUT2D eigenvalue weighted by molar-refractivity contribution is 5.92. The summed E-state index contributed by atoms with van der Waals surface area (Å²) in [4.78, 5) is 12.0. The van der Waals surface area contributed by atoms with Crippen molar-refractivity contribution in [3.8, 4) is 11.5 Å². The summed E-state index contributed by atoms with van der Waals surface area (Å²) in [6.45, 7) is 0.870. The maximum Gasteiger partial charge on any atom is 0.228 e. The molecular formula is C16H18N2O3. The Kier molecular flexibility index (Phi) is 5.17. The lowest BCUT2D eigenvalue weighted by molar-refractivity contribution is -0.115. The molecule has 0 bridgehead atoms. The molecule has 2 aromatic rings. The standard InChI is InChI=1S/C16H18N2O3/c17-7-8-21-15-6-2-4-13(11-15)18-16(20)10-12-3-1-5-14(19)9-12/h1-6,9,11,19H,7-8,10,17H2,(H,18,20). The second kappa shape index (κ2) is 7.31. The molecule has 0 aromatic heterocycles. The monoisotopic (exact) mass is 286 g/mol. The van der Waals surface area contributed by atoms with E-state index >= 15 is 0 Å². The molecule has 5 heteroatoms. The Morgan fingerprint density at radius 3 is 2.76 bits per heavy atom. The predicted molar refractivity (Wildman–Crippen MR) is 81.4 cm³/mol. The van der Waals surface area contributed by atoms with Gasteiger partial charge in [0.15, 0.2) is 0 Å². The van der Waals surface area contributed by atoms with Crippen LogP contribution in [0.25, 0.3) is 0 Å². The Hall–Kier alpha value is -2.53. The van der Waals surface area contributed by atoms with E-state index in [1.54, 1.807) is 48.5 Å². The van der Waals surface area contributed by atoms with E-state index in [1.165, 1.54) is 0 Å². The lowest BCUT2D eigenvalue weighted by Gasteiger charge is -2.08. The molecule has 21 heavy (non-hydrogen) atoms. The molecule has 0 aliphatic carbocycles. The molecule has 4 N–H and O–H groups in total. The molecule has 0 fully saturated rings. The largest absolute Gasteiger partial charge is 0.508 e. The topological polar surface area (TPSA) is 84.6 Å². The second-order valence-electron chi connectivity index (χ2n) is 4.56. The summed E-state index contributed by atoms with van der Waals surface area (Å²) in [5, 5.41) is 12.2. The number of rotatable bonds is 6. The first-order chi connectivity index (χ1) is 10.2. The maximum atomic E-state index is 12.0. The third kappa shape index (κ3) is 4.81. The molecule has 1 amide bonds. The zero-order valence-corrected chi connectivity index (χ0v) is 11.6. The average molecular weight is 286 g/mol. The molecule has 0 radical (unpaired) electrons. The quantitative estimate of drug-likeness (QED) is 0.757. The van der Waals surface area contributed by atoms with Crippen LogP contribution in [0.15, 0.2) is 48.5 Å². The lowest BCUT2D eigenvalue weighted by Crippen LogP contribution is -2.14. The van der Waals surface area contributed by atoms with Gasteiger partial charge < -0.3 is 20.9 Å². The molecule has 0 saturated heterocycles. The number of nitrogens with one attached hydrogen (secondary N) is 1. The summed E-state index contributed by atoms with van der Waals surface area (Å²) in [5.74, 6) is 0.657. The number of phenols is 1. The van der Waals surface area contributed by atoms with E-state index in [1.807, 2.05) is 0 Å². The molecule has 0 unspecified atom stereocenters. The van der Waals surface area contributed by atoms with E-state index in [0.29, 0.717) is 24.6 Å². The summed E-state index contributed by atoms with van der Waals surface area (Å²) in [6.07, 6.45) is 0.197. The van der Waals surface area contributed by atoms with Gasteiger partial charge in [-0.15, -0.1) is 0 Å². The van der Waals surface area contributed by atoms with Crippen LogP contribution in [0.1, 0.15) is 5.56 Å². The highest BCUT2D eigenvalue weighted by atomic mass is 16.5. The summed E-state index contributed by atoms with van der Waals surface area (Å²) in [7, 11) is 0. The maximum absolute atomic E-state index is 12.0. The van der Waals surface area contributed by atoms with Gasteiger partial charge in [-0.3, -0.25) is 4.79 Å². The molecule has 2 rings (SSSR count). The molecule has 0 atom stereocenters. The molecule has 2 aromatic carbocycles. The normalized spacial score (nSPS) is 10.1. The first-order valence-electron chi connectivity index (χ1n) is 6.68. The zero-order chi connectivity index (χ0) is 15.1. The fourth-order valence-electron chi connectivity index (χ4n) is 1.90. The zero-order valence-electron chi connectivity index (χ0n) is 11.6. The third-order valence-electron chi connectivity index (χ3n) is 2.78. The van der Waals surface area contributed by atoms with Gasteiger partial charge in [0, 0.05) is 18.3 Å². The number of anilines is 1. The highest BCUT2D eigenvalue weighted by Gasteiger charge is 2.05. The van der Waals surface area contributed by atoms with Crippen molar-refractivity contribution in [2.75, 3.05) is 18.5 Å². The van der Waals surface area contributed by atoms with Crippen molar-refractivity contribution < 1.29 is 14.6 Å². The van der Waals surface area contributed by atoms with E-state index in [9.17, 15) is 9.90 Å². The van der Waals surface area contributed by atoms with Crippen molar-refractivity contribution in [1.29, 1.82) is 0 Å². The van der Waals surface area contributed by atoms with Gasteiger partial charge in [-0.25, -0.2) is 0 Å². The molecule has 0 aliphatic rings. The fraction of sp³-hybridized carbons (Fsp3) is 0.188. The first kappa shape index (κ1) is 14.9. The van der Waals surface area contributed by atoms with Crippen LogP contribution in [0.5, 0.6) is 11.5 Å². The number of ether oxygens (including phenoxy) is 1. The molecule has 0 heterocycles. The average Bonchev–Trinajstić information content (AvgIpc) is 2.45. The first-order valence-corrected chi connectivity index (χ1v) is 6.68. The number of amides is 1. The molecule has 0 aliphatic heterocycles. The Bertz CT molecular complexity index is 614. The van der Waals surface area contributed by atoms with Crippen LogP contribution >= 0.6 is 0 Å². The van der Waals surface area contributed by atoms with Gasteiger partial charge in [-0.1, -0.05) is 18.2 Å². The van der Waals surface area contributed by atoms with E-state index < -0.39 is 0 Å². The highest BCUT2D eigenvalue weighted by Crippen LogP contribution is 2.18.